The lowest BCUT2D eigenvalue weighted by molar-refractivity contribution is -0.141. The summed E-state index contributed by atoms with van der Waals surface area (Å²) >= 11 is 0. The number of aromatic nitrogens is 3. The summed E-state index contributed by atoms with van der Waals surface area (Å²) in [5.74, 6) is -0.436. The standard InChI is InChI=1S/C18H16F4N4O2/c19-13(10-27)9-26-5-3-12(4-6-26)15-8-23-11-25-17(15)28-14-1-2-16(24-7-14)18(20,21)22/h1-2,7-12H,3-6H2. The Bertz CT molecular complexity index is 847. The molecule has 1 saturated heterocycles. The van der Waals surface area contributed by atoms with Crippen LogP contribution in [0.4, 0.5) is 17.6 Å². The third kappa shape index (κ3) is 4.81. The Labute approximate surface area is 157 Å². The van der Waals surface area contributed by atoms with Gasteiger partial charge in [0.15, 0.2) is 12.1 Å². The summed E-state index contributed by atoms with van der Waals surface area (Å²) in [7, 11) is 0. The largest absolute Gasteiger partial charge is 0.437 e. The Hall–Kier alpha value is -3.04. The molecular formula is C18H16F4N4O2. The van der Waals surface area contributed by atoms with Crippen molar-refractivity contribution in [1.82, 2.24) is 19.9 Å². The molecule has 0 unspecified atom stereocenters. The van der Waals surface area contributed by atoms with Crippen LogP contribution < -0.4 is 4.74 Å². The predicted octanol–water partition coefficient (Wildman–Crippen LogP) is 3.87. The van der Waals surface area contributed by atoms with Crippen molar-refractivity contribution in [1.29, 1.82) is 0 Å². The van der Waals surface area contributed by atoms with Crippen molar-refractivity contribution in [3.8, 4) is 11.6 Å². The Balaban J connectivity index is 1.71. The third-order valence-corrected chi connectivity index (χ3v) is 4.33. The van der Waals surface area contributed by atoms with E-state index in [4.69, 9.17) is 4.74 Å². The Morgan fingerprint density at radius 2 is 1.93 bits per heavy atom. The average Bonchev–Trinajstić information content (AvgIpc) is 2.69. The van der Waals surface area contributed by atoms with Crippen LogP contribution in [-0.2, 0) is 11.0 Å². The van der Waals surface area contributed by atoms with E-state index in [0.717, 1.165) is 12.3 Å². The van der Waals surface area contributed by atoms with Crippen LogP contribution in [-0.4, -0.2) is 39.2 Å². The van der Waals surface area contributed by atoms with Gasteiger partial charge in [0.1, 0.15) is 17.8 Å². The second kappa shape index (κ2) is 8.32. The quantitative estimate of drug-likeness (QED) is 0.434. The first-order valence-electron chi connectivity index (χ1n) is 8.44. The van der Waals surface area contributed by atoms with Gasteiger partial charge in [-0.25, -0.2) is 19.3 Å². The molecule has 1 fully saturated rings. The molecule has 3 rings (SSSR count). The molecule has 1 aliphatic heterocycles. The van der Waals surface area contributed by atoms with Crippen LogP contribution >= 0.6 is 0 Å². The number of halogens is 4. The summed E-state index contributed by atoms with van der Waals surface area (Å²) in [4.78, 5) is 23.6. The first kappa shape index (κ1) is 19.7. The monoisotopic (exact) mass is 396 g/mol. The molecule has 0 aliphatic carbocycles. The number of alkyl halides is 3. The maximum atomic E-state index is 13.1. The molecular weight excluding hydrogens is 380 g/mol. The highest BCUT2D eigenvalue weighted by Gasteiger charge is 2.32. The van der Waals surface area contributed by atoms with Crippen LogP contribution in [0.5, 0.6) is 11.6 Å². The Morgan fingerprint density at radius 3 is 2.54 bits per heavy atom. The number of aldehydes is 1. The van der Waals surface area contributed by atoms with Gasteiger partial charge in [-0.15, -0.1) is 0 Å². The minimum Gasteiger partial charge on any atom is -0.437 e. The minimum atomic E-state index is -4.52. The topological polar surface area (TPSA) is 68.2 Å². The van der Waals surface area contributed by atoms with Gasteiger partial charge in [0.2, 0.25) is 5.88 Å². The highest BCUT2D eigenvalue weighted by Crippen LogP contribution is 2.35. The molecule has 6 nitrogen and oxygen atoms in total. The van der Waals surface area contributed by atoms with E-state index in [9.17, 15) is 22.4 Å². The second-order valence-electron chi connectivity index (χ2n) is 6.20. The first-order valence-corrected chi connectivity index (χ1v) is 8.44. The van der Waals surface area contributed by atoms with Crippen LogP contribution in [0, 0.1) is 0 Å². The number of hydrogen-bond donors (Lipinski definition) is 0. The van der Waals surface area contributed by atoms with E-state index in [1.165, 1.54) is 18.6 Å². The van der Waals surface area contributed by atoms with E-state index in [-0.39, 0.29) is 23.8 Å². The molecule has 0 bridgehead atoms. The zero-order valence-corrected chi connectivity index (χ0v) is 14.6. The number of hydrogen-bond acceptors (Lipinski definition) is 6. The fraction of sp³-hybridized carbons (Fsp3) is 0.333. The lowest BCUT2D eigenvalue weighted by Crippen LogP contribution is -2.29. The van der Waals surface area contributed by atoms with Crippen molar-refractivity contribution < 1.29 is 27.1 Å². The van der Waals surface area contributed by atoms with Crippen LogP contribution in [0.2, 0.25) is 0 Å². The number of likely N-dealkylation sites (tertiary alicyclic amines) is 1. The van der Waals surface area contributed by atoms with E-state index in [0.29, 0.717) is 31.5 Å². The molecule has 0 spiro atoms. The van der Waals surface area contributed by atoms with Crippen LogP contribution in [0.3, 0.4) is 0 Å². The van der Waals surface area contributed by atoms with Gasteiger partial charge in [-0.2, -0.15) is 13.2 Å². The third-order valence-electron chi connectivity index (χ3n) is 4.33. The molecule has 0 saturated carbocycles. The second-order valence-corrected chi connectivity index (χ2v) is 6.20. The normalized spacial score (nSPS) is 16.1. The van der Waals surface area contributed by atoms with Crippen molar-refractivity contribution in [2.75, 3.05) is 13.1 Å². The van der Waals surface area contributed by atoms with Crippen LogP contribution in [0.25, 0.3) is 0 Å². The summed E-state index contributed by atoms with van der Waals surface area (Å²) in [6.45, 7) is 1.06. The van der Waals surface area contributed by atoms with E-state index < -0.39 is 17.7 Å². The minimum absolute atomic E-state index is 0.0301. The van der Waals surface area contributed by atoms with Gasteiger partial charge in [-0.3, -0.25) is 4.79 Å². The maximum Gasteiger partial charge on any atom is 0.433 e. The molecule has 2 aromatic rings. The fourth-order valence-corrected chi connectivity index (χ4v) is 2.96. The van der Waals surface area contributed by atoms with Crippen molar-refractivity contribution in [3.63, 3.8) is 0 Å². The Kier molecular flexibility index (Phi) is 5.86. The van der Waals surface area contributed by atoms with Crippen molar-refractivity contribution in [2.24, 2.45) is 0 Å². The number of piperidine rings is 1. The highest BCUT2D eigenvalue weighted by molar-refractivity contribution is 5.69. The summed E-state index contributed by atoms with van der Waals surface area (Å²) in [6.07, 6.45) is 1.98. The number of pyridine rings is 1. The molecule has 0 radical (unpaired) electrons. The molecule has 3 heterocycles. The first-order chi connectivity index (χ1) is 13.4. The van der Waals surface area contributed by atoms with Crippen molar-refractivity contribution in [3.05, 3.63) is 54.1 Å². The molecule has 148 valence electrons. The van der Waals surface area contributed by atoms with E-state index in [1.807, 2.05) is 0 Å². The molecule has 28 heavy (non-hydrogen) atoms. The summed E-state index contributed by atoms with van der Waals surface area (Å²) in [5.41, 5.74) is -0.298. The van der Waals surface area contributed by atoms with Crippen molar-refractivity contribution in [2.45, 2.75) is 24.9 Å². The fourth-order valence-electron chi connectivity index (χ4n) is 2.96. The number of carbonyl (C=O) groups is 1. The lowest BCUT2D eigenvalue weighted by Gasteiger charge is -2.31. The average molecular weight is 396 g/mol. The van der Waals surface area contributed by atoms with Crippen LogP contribution in [0.1, 0.15) is 30.0 Å². The lowest BCUT2D eigenvalue weighted by atomic mass is 9.91. The molecule has 0 aromatic carbocycles. The van der Waals surface area contributed by atoms with E-state index in [1.54, 1.807) is 11.1 Å². The number of ether oxygens (including phenoxy) is 1. The molecule has 2 aromatic heterocycles. The molecule has 0 atom stereocenters. The number of nitrogens with zero attached hydrogens (tertiary/aromatic N) is 4. The zero-order valence-electron chi connectivity index (χ0n) is 14.6. The summed E-state index contributed by atoms with van der Waals surface area (Å²) < 4.78 is 56.5. The van der Waals surface area contributed by atoms with Crippen molar-refractivity contribution >= 4 is 6.29 Å². The van der Waals surface area contributed by atoms with E-state index >= 15 is 0 Å². The number of rotatable bonds is 5. The van der Waals surface area contributed by atoms with Gasteiger partial charge in [0.25, 0.3) is 0 Å². The number of carbonyl (C=O) groups excluding carboxylic acids is 1. The van der Waals surface area contributed by atoms with Gasteiger partial charge in [0, 0.05) is 31.0 Å². The molecule has 1 aliphatic rings. The molecule has 0 amide bonds. The SMILES string of the molecule is O=CC(F)=CN1CCC(c2cncnc2Oc2ccc(C(F)(F)F)nc2)CC1. The maximum absolute atomic E-state index is 13.1. The zero-order chi connectivity index (χ0) is 20.1. The number of allylic oxidation sites excluding steroid dienone is 1. The van der Waals surface area contributed by atoms with E-state index in [2.05, 4.69) is 15.0 Å². The summed E-state index contributed by atoms with van der Waals surface area (Å²) in [6, 6.07) is 2.01. The van der Waals surface area contributed by atoms with Gasteiger partial charge in [0.05, 0.1) is 6.20 Å². The van der Waals surface area contributed by atoms with Gasteiger partial charge in [-0.05, 0) is 30.9 Å². The smallest absolute Gasteiger partial charge is 0.433 e. The molecule has 0 N–H and O–H groups in total. The van der Waals surface area contributed by atoms with Crippen LogP contribution in [0.15, 0.2) is 42.9 Å². The van der Waals surface area contributed by atoms with Gasteiger partial charge >= 0.3 is 6.18 Å². The predicted molar refractivity (Wildman–Crippen MR) is 90.1 cm³/mol. The highest BCUT2D eigenvalue weighted by atomic mass is 19.4. The van der Waals surface area contributed by atoms with Gasteiger partial charge in [-0.1, -0.05) is 0 Å². The Morgan fingerprint density at radius 1 is 1.18 bits per heavy atom. The van der Waals surface area contributed by atoms with Gasteiger partial charge < -0.3 is 9.64 Å². The summed E-state index contributed by atoms with van der Waals surface area (Å²) in [5, 5.41) is 0. The molecule has 10 heteroatoms.